The second kappa shape index (κ2) is 12.0. The zero-order valence-electron chi connectivity index (χ0n) is 19.5. The van der Waals surface area contributed by atoms with Crippen molar-refractivity contribution in [2.24, 2.45) is 0 Å². The maximum absolute atomic E-state index is 12.4. The molecule has 32 heavy (non-hydrogen) atoms. The van der Waals surface area contributed by atoms with Gasteiger partial charge in [0.1, 0.15) is 23.7 Å². The molecule has 0 radical (unpaired) electrons. The molecule has 7 nitrogen and oxygen atoms in total. The van der Waals surface area contributed by atoms with Crippen molar-refractivity contribution >= 4 is 12.1 Å². The molecule has 0 aromatic heterocycles. The number of carbonyl (C=O) groups excluding carboxylic acids is 2. The van der Waals surface area contributed by atoms with Crippen molar-refractivity contribution < 1.29 is 28.5 Å². The summed E-state index contributed by atoms with van der Waals surface area (Å²) in [5.41, 5.74) is 1.49. The van der Waals surface area contributed by atoms with Crippen molar-refractivity contribution in [2.45, 2.75) is 52.7 Å². The molecule has 0 aliphatic carbocycles. The van der Waals surface area contributed by atoms with Gasteiger partial charge in [-0.3, -0.25) is 0 Å². The fourth-order valence-corrected chi connectivity index (χ4v) is 2.76. The molecule has 0 aliphatic rings. The minimum absolute atomic E-state index is 0.288. The molecular weight excluding hydrogens is 410 g/mol. The molecule has 0 aliphatic heterocycles. The molecule has 0 fully saturated rings. The number of hydrogen-bond acceptors (Lipinski definition) is 6. The van der Waals surface area contributed by atoms with Crippen LogP contribution in [0.3, 0.4) is 0 Å². The number of esters is 1. The lowest BCUT2D eigenvalue weighted by Gasteiger charge is -2.19. The number of nitrogens with one attached hydrogen (secondary N) is 1. The second-order valence-electron chi connectivity index (χ2n) is 8.30. The van der Waals surface area contributed by atoms with Gasteiger partial charge in [-0.1, -0.05) is 29.8 Å². The first kappa shape index (κ1) is 25.0. The van der Waals surface area contributed by atoms with Crippen LogP contribution in [0, 0.1) is 6.92 Å². The highest BCUT2D eigenvalue weighted by molar-refractivity contribution is 5.75. The lowest BCUT2D eigenvalue weighted by Crippen LogP contribution is -2.34. The van der Waals surface area contributed by atoms with Gasteiger partial charge in [0.2, 0.25) is 0 Å². The standard InChI is InChI=1S/C25H33NO6/c1-6-29-23(27)22(31-21-11-7-18(2)8-12-21)17-19-9-13-20(14-10-19)30-16-15-26-24(28)32-25(3,4)5/h7-14,22H,6,15-17H2,1-5H3,(H,26,28). The quantitative estimate of drug-likeness (QED) is 0.431. The average molecular weight is 444 g/mol. The second-order valence-corrected chi connectivity index (χ2v) is 8.30. The summed E-state index contributed by atoms with van der Waals surface area (Å²) in [5.74, 6) is 0.875. The summed E-state index contributed by atoms with van der Waals surface area (Å²) in [6.45, 7) is 10.1. The summed E-state index contributed by atoms with van der Waals surface area (Å²) in [6, 6.07) is 14.9. The summed E-state index contributed by atoms with van der Waals surface area (Å²) < 4.78 is 21.9. The molecule has 0 saturated carbocycles. The van der Waals surface area contributed by atoms with Gasteiger partial charge in [-0.2, -0.15) is 0 Å². The van der Waals surface area contributed by atoms with Crippen LogP contribution < -0.4 is 14.8 Å². The van der Waals surface area contributed by atoms with Crippen LogP contribution in [0.5, 0.6) is 11.5 Å². The molecule has 1 amide bonds. The van der Waals surface area contributed by atoms with Crippen LogP contribution in [-0.2, 0) is 20.7 Å². The van der Waals surface area contributed by atoms with E-state index in [1.54, 1.807) is 6.92 Å². The van der Waals surface area contributed by atoms with Crippen molar-refractivity contribution in [3.63, 3.8) is 0 Å². The first-order valence-electron chi connectivity index (χ1n) is 10.7. The third kappa shape index (κ3) is 9.29. The highest BCUT2D eigenvalue weighted by atomic mass is 16.6. The smallest absolute Gasteiger partial charge is 0.407 e. The Labute approximate surface area is 190 Å². The maximum atomic E-state index is 12.4. The number of rotatable bonds is 10. The Balaban J connectivity index is 1.88. The van der Waals surface area contributed by atoms with E-state index in [9.17, 15) is 9.59 Å². The monoisotopic (exact) mass is 443 g/mol. The van der Waals surface area contributed by atoms with Crippen molar-refractivity contribution in [3.05, 3.63) is 59.7 Å². The average Bonchev–Trinajstić information content (AvgIpc) is 2.72. The van der Waals surface area contributed by atoms with Crippen LogP contribution >= 0.6 is 0 Å². The molecule has 0 saturated heterocycles. The topological polar surface area (TPSA) is 83.1 Å². The molecule has 174 valence electrons. The third-order valence-electron chi connectivity index (χ3n) is 4.23. The Bertz CT molecular complexity index is 855. The Morgan fingerprint density at radius 2 is 1.59 bits per heavy atom. The highest BCUT2D eigenvalue weighted by Crippen LogP contribution is 2.18. The van der Waals surface area contributed by atoms with Gasteiger partial charge in [-0.25, -0.2) is 9.59 Å². The van der Waals surface area contributed by atoms with Gasteiger partial charge in [-0.15, -0.1) is 0 Å². The van der Waals surface area contributed by atoms with Crippen LogP contribution in [0.15, 0.2) is 48.5 Å². The SMILES string of the molecule is CCOC(=O)C(Cc1ccc(OCCNC(=O)OC(C)(C)C)cc1)Oc1ccc(C)cc1. The van der Waals surface area contributed by atoms with Gasteiger partial charge in [-0.05, 0) is 64.4 Å². The lowest BCUT2D eigenvalue weighted by atomic mass is 10.1. The minimum Gasteiger partial charge on any atom is -0.492 e. The first-order chi connectivity index (χ1) is 15.2. The van der Waals surface area contributed by atoms with E-state index in [4.69, 9.17) is 18.9 Å². The first-order valence-corrected chi connectivity index (χ1v) is 10.7. The number of aryl methyl sites for hydroxylation is 1. The highest BCUT2D eigenvalue weighted by Gasteiger charge is 2.22. The molecule has 2 aromatic rings. The van der Waals surface area contributed by atoms with E-state index in [-0.39, 0.29) is 6.61 Å². The predicted molar refractivity (Wildman–Crippen MR) is 122 cm³/mol. The Morgan fingerprint density at radius 3 is 2.19 bits per heavy atom. The van der Waals surface area contributed by atoms with Crippen LogP contribution in [0.2, 0.25) is 0 Å². The number of hydrogen-bond donors (Lipinski definition) is 1. The molecule has 2 aromatic carbocycles. The molecule has 0 spiro atoms. The van der Waals surface area contributed by atoms with Gasteiger partial charge in [0.05, 0.1) is 13.2 Å². The van der Waals surface area contributed by atoms with Crippen molar-refractivity contribution in [1.29, 1.82) is 0 Å². The summed E-state index contributed by atoms with van der Waals surface area (Å²) in [7, 11) is 0. The van der Waals surface area contributed by atoms with Crippen LogP contribution in [0.4, 0.5) is 4.79 Å². The van der Waals surface area contributed by atoms with Crippen LogP contribution in [-0.4, -0.2) is 43.5 Å². The van der Waals surface area contributed by atoms with E-state index in [1.807, 2.05) is 76.2 Å². The molecule has 7 heteroatoms. The summed E-state index contributed by atoms with van der Waals surface area (Å²) in [6.07, 6.45) is -0.856. The predicted octanol–water partition coefficient (Wildman–Crippen LogP) is 4.45. The number of benzene rings is 2. The normalized spacial score (nSPS) is 11.9. The number of ether oxygens (including phenoxy) is 4. The molecule has 0 heterocycles. The van der Waals surface area contributed by atoms with Crippen molar-refractivity contribution in [3.8, 4) is 11.5 Å². The minimum atomic E-state index is -0.748. The van der Waals surface area contributed by atoms with Crippen molar-refractivity contribution in [2.75, 3.05) is 19.8 Å². The molecule has 1 unspecified atom stereocenters. The van der Waals surface area contributed by atoms with Gasteiger partial charge in [0, 0.05) is 6.42 Å². The van der Waals surface area contributed by atoms with E-state index in [0.29, 0.717) is 31.1 Å². The fraction of sp³-hybridized carbons (Fsp3) is 0.440. The largest absolute Gasteiger partial charge is 0.492 e. The molecule has 1 N–H and O–H groups in total. The van der Waals surface area contributed by atoms with Crippen LogP contribution in [0.1, 0.15) is 38.8 Å². The Hall–Kier alpha value is -3.22. The molecular formula is C25H33NO6. The van der Waals surface area contributed by atoms with E-state index >= 15 is 0 Å². The summed E-state index contributed by atoms with van der Waals surface area (Å²) >= 11 is 0. The third-order valence-corrected chi connectivity index (χ3v) is 4.23. The fourth-order valence-electron chi connectivity index (χ4n) is 2.76. The number of carbonyl (C=O) groups is 2. The van der Waals surface area contributed by atoms with E-state index in [2.05, 4.69) is 5.32 Å². The van der Waals surface area contributed by atoms with E-state index < -0.39 is 23.8 Å². The van der Waals surface area contributed by atoms with Gasteiger partial charge >= 0.3 is 12.1 Å². The number of amides is 1. The van der Waals surface area contributed by atoms with Gasteiger partial charge < -0.3 is 24.3 Å². The Kier molecular flexibility index (Phi) is 9.38. The summed E-state index contributed by atoms with van der Waals surface area (Å²) in [4.78, 5) is 24.0. The maximum Gasteiger partial charge on any atom is 0.407 e. The zero-order chi connectivity index (χ0) is 23.6. The van der Waals surface area contributed by atoms with E-state index in [0.717, 1.165) is 11.1 Å². The van der Waals surface area contributed by atoms with Gasteiger partial charge in [0.15, 0.2) is 6.10 Å². The number of alkyl carbamates (subject to hydrolysis) is 1. The molecule has 0 bridgehead atoms. The Morgan fingerprint density at radius 1 is 0.969 bits per heavy atom. The zero-order valence-corrected chi connectivity index (χ0v) is 19.5. The van der Waals surface area contributed by atoms with Crippen molar-refractivity contribution in [1.82, 2.24) is 5.32 Å². The van der Waals surface area contributed by atoms with E-state index in [1.165, 1.54) is 0 Å². The lowest BCUT2D eigenvalue weighted by molar-refractivity contribution is -0.151. The molecule has 2 rings (SSSR count). The summed E-state index contributed by atoms with van der Waals surface area (Å²) in [5, 5.41) is 2.64. The molecule has 1 atom stereocenters. The van der Waals surface area contributed by atoms with Gasteiger partial charge in [0.25, 0.3) is 0 Å². The van der Waals surface area contributed by atoms with Crippen LogP contribution in [0.25, 0.3) is 0 Å².